The second kappa shape index (κ2) is 10.7. The molecule has 0 saturated carbocycles. The molecular formula is C18H27N5O2S. The minimum absolute atomic E-state index is 0.109. The van der Waals surface area contributed by atoms with E-state index in [9.17, 15) is 9.59 Å². The topological polar surface area (TPSA) is 85.8 Å². The number of rotatable bonds is 7. The van der Waals surface area contributed by atoms with Gasteiger partial charge >= 0.3 is 0 Å². The number of carbonyl (C=O) groups excluding carboxylic acids is 2. The van der Waals surface area contributed by atoms with Crippen LogP contribution in [0.2, 0.25) is 0 Å². The van der Waals surface area contributed by atoms with E-state index in [1.54, 1.807) is 28.8 Å². The van der Waals surface area contributed by atoms with Gasteiger partial charge in [0.05, 0.1) is 13.1 Å². The molecule has 0 bridgehead atoms. The number of thioether (sulfide) groups is 1. The van der Waals surface area contributed by atoms with Gasteiger partial charge in [0.2, 0.25) is 5.91 Å². The number of carbonyl (C=O) groups is 2. The molecule has 26 heavy (non-hydrogen) atoms. The third kappa shape index (κ3) is 6.25. The standard InChI is InChI=1S/C18H27N5O2S/c1-3-19-18(21-9-11-26-2)22-12-14-4-6-15(7-5-14)17(25)23-10-8-20-16(24)13-23/h4-7H,3,8-13H2,1-2H3,(H,20,24)(H2,19,21,22). The van der Waals surface area contributed by atoms with Crippen molar-refractivity contribution in [1.29, 1.82) is 0 Å². The van der Waals surface area contributed by atoms with E-state index in [2.05, 4.69) is 27.2 Å². The Bertz CT molecular complexity index is 633. The first-order chi connectivity index (χ1) is 12.6. The molecule has 1 fully saturated rings. The normalized spacial score (nSPS) is 14.8. The van der Waals surface area contributed by atoms with Crippen molar-refractivity contribution in [2.75, 3.05) is 44.7 Å². The van der Waals surface area contributed by atoms with E-state index < -0.39 is 0 Å². The van der Waals surface area contributed by atoms with Crippen molar-refractivity contribution in [2.45, 2.75) is 13.5 Å². The number of nitrogens with zero attached hydrogens (tertiary/aromatic N) is 2. The van der Waals surface area contributed by atoms with Gasteiger partial charge in [-0.25, -0.2) is 4.99 Å². The molecule has 1 heterocycles. The van der Waals surface area contributed by atoms with Gasteiger partial charge in [-0.2, -0.15) is 11.8 Å². The summed E-state index contributed by atoms with van der Waals surface area (Å²) in [7, 11) is 0. The fourth-order valence-electron chi connectivity index (χ4n) is 2.53. The zero-order valence-corrected chi connectivity index (χ0v) is 16.2. The molecule has 7 nitrogen and oxygen atoms in total. The molecule has 3 N–H and O–H groups in total. The van der Waals surface area contributed by atoms with Crippen LogP contribution in [0.5, 0.6) is 0 Å². The van der Waals surface area contributed by atoms with E-state index in [-0.39, 0.29) is 18.4 Å². The van der Waals surface area contributed by atoms with Crippen LogP contribution in [0.25, 0.3) is 0 Å². The van der Waals surface area contributed by atoms with Crippen molar-refractivity contribution >= 4 is 29.5 Å². The first-order valence-corrected chi connectivity index (χ1v) is 10.2. The quantitative estimate of drug-likeness (QED) is 0.370. The average molecular weight is 378 g/mol. The molecule has 1 aliphatic rings. The molecule has 2 rings (SSSR count). The van der Waals surface area contributed by atoms with Crippen LogP contribution in [0.4, 0.5) is 0 Å². The first-order valence-electron chi connectivity index (χ1n) is 8.80. The summed E-state index contributed by atoms with van der Waals surface area (Å²) < 4.78 is 0. The number of nitrogens with one attached hydrogen (secondary N) is 3. The van der Waals surface area contributed by atoms with Gasteiger partial charge in [0.1, 0.15) is 0 Å². The van der Waals surface area contributed by atoms with E-state index in [0.717, 1.165) is 30.4 Å². The van der Waals surface area contributed by atoms with Crippen LogP contribution >= 0.6 is 11.8 Å². The first kappa shape index (κ1) is 20.1. The summed E-state index contributed by atoms with van der Waals surface area (Å²) in [6.45, 7) is 5.42. The lowest BCUT2D eigenvalue weighted by Gasteiger charge is -2.26. The number of piperazine rings is 1. The van der Waals surface area contributed by atoms with Crippen molar-refractivity contribution in [3.8, 4) is 0 Å². The van der Waals surface area contributed by atoms with Gasteiger partial charge in [-0.15, -0.1) is 0 Å². The van der Waals surface area contributed by atoms with Crippen LogP contribution in [-0.4, -0.2) is 67.4 Å². The van der Waals surface area contributed by atoms with E-state index >= 15 is 0 Å². The average Bonchev–Trinajstić information content (AvgIpc) is 2.66. The second-order valence-corrected chi connectivity index (χ2v) is 6.87. The van der Waals surface area contributed by atoms with Crippen LogP contribution in [-0.2, 0) is 11.3 Å². The second-order valence-electron chi connectivity index (χ2n) is 5.89. The fourth-order valence-corrected chi connectivity index (χ4v) is 2.84. The van der Waals surface area contributed by atoms with Gasteiger partial charge in [-0.3, -0.25) is 9.59 Å². The summed E-state index contributed by atoms with van der Waals surface area (Å²) in [5.41, 5.74) is 1.62. The van der Waals surface area contributed by atoms with Crippen LogP contribution in [0.1, 0.15) is 22.8 Å². The predicted octanol–water partition coefficient (Wildman–Crippen LogP) is 0.677. The van der Waals surface area contributed by atoms with E-state index in [0.29, 0.717) is 25.2 Å². The maximum absolute atomic E-state index is 12.5. The van der Waals surface area contributed by atoms with Gasteiger partial charge < -0.3 is 20.9 Å². The van der Waals surface area contributed by atoms with Crippen molar-refractivity contribution in [3.05, 3.63) is 35.4 Å². The molecule has 142 valence electrons. The summed E-state index contributed by atoms with van der Waals surface area (Å²) in [4.78, 5) is 30.0. The van der Waals surface area contributed by atoms with Gasteiger partial charge in [0.15, 0.2) is 5.96 Å². The molecule has 0 radical (unpaired) electrons. The molecular weight excluding hydrogens is 350 g/mol. The van der Waals surface area contributed by atoms with Crippen LogP contribution in [0.15, 0.2) is 29.3 Å². The molecule has 1 aliphatic heterocycles. The zero-order chi connectivity index (χ0) is 18.8. The zero-order valence-electron chi connectivity index (χ0n) is 15.4. The molecule has 2 amide bonds. The van der Waals surface area contributed by atoms with Crippen LogP contribution in [0, 0.1) is 0 Å². The number of hydrogen-bond acceptors (Lipinski definition) is 4. The predicted molar refractivity (Wildman–Crippen MR) is 107 cm³/mol. The summed E-state index contributed by atoms with van der Waals surface area (Å²) in [6.07, 6.45) is 2.07. The third-order valence-corrected chi connectivity index (χ3v) is 4.50. The molecule has 0 unspecified atom stereocenters. The summed E-state index contributed by atoms with van der Waals surface area (Å²) in [5, 5.41) is 9.23. The summed E-state index contributed by atoms with van der Waals surface area (Å²) >= 11 is 1.79. The highest BCUT2D eigenvalue weighted by Crippen LogP contribution is 2.10. The Kier molecular flexibility index (Phi) is 8.27. The third-order valence-electron chi connectivity index (χ3n) is 3.89. The minimum Gasteiger partial charge on any atom is -0.357 e. The lowest BCUT2D eigenvalue weighted by Crippen LogP contribution is -2.49. The molecule has 8 heteroatoms. The number of guanidine groups is 1. The van der Waals surface area contributed by atoms with E-state index in [4.69, 9.17) is 0 Å². The summed E-state index contributed by atoms with van der Waals surface area (Å²) in [5.74, 6) is 1.60. The van der Waals surface area contributed by atoms with Crippen molar-refractivity contribution in [3.63, 3.8) is 0 Å². The Morgan fingerprint density at radius 1 is 1.31 bits per heavy atom. The largest absolute Gasteiger partial charge is 0.357 e. The van der Waals surface area contributed by atoms with Crippen LogP contribution < -0.4 is 16.0 Å². The highest BCUT2D eigenvalue weighted by atomic mass is 32.2. The highest BCUT2D eigenvalue weighted by molar-refractivity contribution is 7.98. The van der Waals surface area contributed by atoms with E-state index in [1.165, 1.54) is 0 Å². The summed E-state index contributed by atoms with van der Waals surface area (Å²) in [6, 6.07) is 7.42. The number of aliphatic imine (C=N–C) groups is 1. The van der Waals surface area contributed by atoms with Gasteiger partial charge in [-0.1, -0.05) is 12.1 Å². The Hall–Kier alpha value is -2.22. The lowest BCUT2D eigenvalue weighted by molar-refractivity contribution is -0.123. The molecule has 1 aromatic rings. The molecule has 1 aromatic carbocycles. The van der Waals surface area contributed by atoms with Gasteiger partial charge in [-0.05, 0) is 30.9 Å². The minimum atomic E-state index is -0.111. The monoisotopic (exact) mass is 377 g/mol. The maximum atomic E-state index is 12.5. The van der Waals surface area contributed by atoms with Gasteiger partial charge in [0.25, 0.3) is 5.91 Å². The van der Waals surface area contributed by atoms with Crippen molar-refractivity contribution in [2.24, 2.45) is 4.99 Å². The van der Waals surface area contributed by atoms with Crippen molar-refractivity contribution < 1.29 is 9.59 Å². The molecule has 0 atom stereocenters. The Morgan fingerprint density at radius 3 is 2.73 bits per heavy atom. The van der Waals surface area contributed by atoms with E-state index in [1.807, 2.05) is 19.1 Å². The molecule has 0 spiro atoms. The maximum Gasteiger partial charge on any atom is 0.254 e. The lowest BCUT2D eigenvalue weighted by atomic mass is 10.1. The SMILES string of the molecule is CCNC(=NCc1ccc(C(=O)N2CCNC(=O)C2)cc1)NCCSC. The molecule has 0 aromatic heterocycles. The van der Waals surface area contributed by atoms with Gasteiger partial charge in [0, 0.05) is 37.5 Å². The van der Waals surface area contributed by atoms with Crippen LogP contribution in [0.3, 0.4) is 0 Å². The number of benzene rings is 1. The number of amides is 2. The van der Waals surface area contributed by atoms with Crippen molar-refractivity contribution in [1.82, 2.24) is 20.9 Å². The molecule has 0 aliphatic carbocycles. The highest BCUT2D eigenvalue weighted by Gasteiger charge is 2.21. The fraction of sp³-hybridized carbons (Fsp3) is 0.500. The number of hydrogen-bond donors (Lipinski definition) is 3. The Labute approximate surface area is 159 Å². The Morgan fingerprint density at radius 2 is 2.08 bits per heavy atom. The smallest absolute Gasteiger partial charge is 0.254 e. The Balaban J connectivity index is 1.94. The molecule has 1 saturated heterocycles.